The minimum atomic E-state index is 0.462. The van der Waals surface area contributed by atoms with Crippen LogP contribution < -0.4 is 4.74 Å². The molecule has 0 spiro atoms. The number of hydrogen-bond acceptors (Lipinski definition) is 4. The second kappa shape index (κ2) is 5.88. The van der Waals surface area contributed by atoms with Crippen LogP contribution in [-0.2, 0) is 6.61 Å². The zero-order valence-corrected chi connectivity index (χ0v) is 12.3. The van der Waals surface area contributed by atoms with Crippen LogP contribution in [0.4, 0.5) is 0 Å². The summed E-state index contributed by atoms with van der Waals surface area (Å²) in [6, 6.07) is 19.9. The standard InChI is InChI=1S/C18H14N4O/c1-3-7-14(8-4-1)12-23-18-16-11-21-22(17(16)19-13-20-18)15-9-5-2-6-10-15/h1-11,13H,12H2. The van der Waals surface area contributed by atoms with E-state index in [0.29, 0.717) is 12.5 Å². The highest BCUT2D eigenvalue weighted by Crippen LogP contribution is 2.23. The molecule has 5 heteroatoms. The Hall–Kier alpha value is -3.21. The lowest BCUT2D eigenvalue weighted by molar-refractivity contribution is 0.297. The predicted molar refractivity (Wildman–Crippen MR) is 87.4 cm³/mol. The molecule has 4 aromatic rings. The Morgan fingerprint density at radius 3 is 2.39 bits per heavy atom. The van der Waals surface area contributed by atoms with Crippen LogP contribution in [0.2, 0.25) is 0 Å². The van der Waals surface area contributed by atoms with Gasteiger partial charge in [0.15, 0.2) is 5.65 Å². The van der Waals surface area contributed by atoms with Gasteiger partial charge in [-0.05, 0) is 17.7 Å². The first kappa shape index (κ1) is 13.5. The van der Waals surface area contributed by atoms with Gasteiger partial charge in [0.05, 0.1) is 11.9 Å². The number of benzene rings is 2. The van der Waals surface area contributed by atoms with Crippen LogP contribution >= 0.6 is 0 Å². The van der Waals surface area contributed by atoms with Crippen molar-refractivity contribution >= 4 is 11.0 Å². The van der Waals surface area contributed by atoms with Crippen LogP contribution in [0.3, 0.4) is 0 Å². The Bertz CT molecular complexity index is 920. The number of nitrogens with zero attached hydrogens (tertiary/aromatic N) is 4. The monoisotopic (exact) mass is 302 g/mol. The molecule has 0 amide bonds. The third-order valence-corrected chi connectivity index (χ3v) is 3.55. The molecule has 0 aliphatic heterocycles. The largest absolute Gasteiger partial charge is 0.472 e. The Morgan fingerprint density at radius 1 is 0.870 bits per heavy atom. The fourth-order valence-electron chi connectivity index (χ4n) is 2.42. The van der Waals surface area contributed by atoms with Crippen molar-refractivity contribution in [3.8, 4) is 11.6 Å². The van der Waals surface area contributed by atoms with E-state index in [4.69, 9.17) is 4.74 Å². The summed E-state index contributed by atoms with van der Waals surface area (Å²) >= 11 is 0. The van der Waals surface area contributed by atoms with Crippen molar-refractivity contribution in [1.82, 2.24) is 19.7 Å². The van der Waals surface area contributed by atoms with Crippen molar-refractivity contribution in [2.75, 3.05) is 0 Å². The number of hydrogen-bond donors (Lipinski definition) is 0. The van der Waals surface area contributed by atoms with Gasteiger partial charge in [-0.3, -0.25) is 0 Å². The fraction of sp³-hybridized carbons (Fsp3) is 0.0556. The summed E-state index contributed by atoms with van der Waals surface area (Å²) < 4.78 is 7.63. The SMILES string of the molecule is c1ccc(COc2ncnc3c2cnn3-c2ccccc2)cc1. The van der Waals surface area contributed by atoms with Crippen LogP contribution in [0.15, 0.2) is 73.2 Å². The highest BCUT2D eigenvalue weighted by molar-refractivity contribution is 5.81. The third kappa shape index (κ3) is 2.64. The first-order chi connectivity index (χ1) is 11.4. The van der Waals surface area contributed by atoms with Crippen molar-refractivity contribution in [1.29, 1.82) is 0 Å². The maximum absolute atomic E-state index is 5.85. The van der Waals surface area contributed by atoms with Crippen molar-refractivity contribution in [3.05, 3.63) is 78.8 Å². The molecule has 0 bridgehead atoms. The minimum Gasteiger partial charge on any atom is -0.472 e. The molecule has 0 aliphatic rings. The lowest BCUT2D eigenvalue weighted by Gasteiger charge is -2.06. The second-order valence-electron chi connectivity index (χ2n) is 5.08. The summed E-state index contributed by atoms with van der Waals surface area (Å²) in [6.07, 6.45) is 3.24. The molecular weight excluding hydrogens is 288 g/mol. The van der Waals surface area contributed by atoms with E-state index in [1.165, 1.54) is 6.33 Å². The summed E-state index contributed by atoms with van der Waals surface area (Å²) in [5.74, 6) is 0.543. The number of ether oxygens (including phenoxy) is 1. The highest BCUT2D eigenvalue weighted by atomic mass is 16.5. The summed E-state index contributed by atoms with van der Waals surface area (Å²) in [5, 5.41) is 5.21. The summed E-state index contributed by atoms with van der Waals surface area (Å²) in [6.45, 7) is 0.462. The number of fused-ring (bicyclic) bond motifs is 1. The summed E-state index contributed by atoms with van der Waals surface area (Å²) in [4.78, 5) is 8.58. The molecule has 2 aromatic heterocycles. The zero-order chi connectivity index (χ0) is 15.5. The van der Waals surface area contributed by atoms with Crippen molar-refractivity contribution in [2.45, 2.75) is 6.61 Å². The van der Waals surface area contributed by atoms with E-state index in [9.17, 15) is 0 Å². The minimum absolute atomic E-state index is 0.462. The molecule has 5 nitrogen and oxygen atoms in total. The molecule has 2 heterocycles. The van der Waals surface area contributed by atoms with Gasteiger partial charge in [-0.25, -0.2) is 14.6 Å². The van der Waals surface area contributed by atoms with Gasteiger partial charge in [0, 0.05) is 0 Å². The zero-order valence-electron chi connectivity index (χ0n) is 12.3. The molecule has 4 rings (SSSR count). The van der Waals surface area contributed by atoms with Crippen LogP contribution in [0.1, 0.15) is 5.56 Å². The first-order valence-corrected chi connectivity index (χ1v) is 7.33. The fourth-order valence-corrected chi connectivity index (χ4v) is 2.42. The predicted octanol–water partition coefficient (Wildman–Crippen LogP) is 3.39. The molecule has 0 radical (unpaired) electrons. The van der Waals surface area contributed by atoms with Gasteiger partial charge in [-0.1, -0.05) is 48.5 Å². The number of aromatic nitrogens is 4. The van der Waals surface area contributed by atoms with E-state index in [0.717, 1.165) is 22.3 Å². The van der Waals surface area contributed by atoms with Gasteiger partial charge in [0.1, 0.15) is 18.3 Å². The average Bonchev–Trinajstić information content (AvgIpc) is 3.06. The van der Waals surface area contributed by atoms with Crippen LogP contribution in [0.25, 0.3) is 16.7 Å². The van der Waals surface area contributed by atoms with Gasteiger partial charge in [-0.2, -0.15) is 5.10 Å². The van der Waals surface area contributed by atoms with Crippen LogP contribution in [0.5, 0.6) is 5.88 Å². The maximum Gasteiger partial charge on any atom is 0.228 e. The Labute approximate surface area is 133 Å². The Morgan fingerprint density at radius 2 is 1.61 bits per heavy atom. The van der Waals surface area contributed by atoms with Crippen molar-refractivity contribution in [3.63, 3.8) is 0 Å². The summed E-state index contributed by atoms with van der Waals surface area (Å²) in [5.41, 5.74) is 2.78. The Kier molecular flexibility index (Phi) is 3.44. The molecule has 0 saturated heterocycles. The molecular formula is C18H14N4O. The van der Waals surface area contributed by atoms with Crippen LogP contribution in [0, 0.1) is 0 Å². The molecule has 0 atom stereocenters. The molecule has 0 saturated carbocycles. The third-order valence-electron chi connectivity index (χ3n) is 3.55. The maximum atomic E-state index is 5.85. The number of para-hydroxylation sites is 1. The van der Waals surface area contributed by atoms with Crippen molar-refractivity contribution < 1.29 is 4.74 Å². The average molecular weight is 302 g/mol. The van der Waals surface area contributed by atoms with E-state index in [2.05, 4.69) is 15.1 Å². The quantitative estimate of drug-likeness (QED) is 0.580. The number of rotatable bonds is 4. The Balaban J connectivity index is 1.68. The second-order valence-corrected chi connectivity index (χ2v) is 5.08. The molecule has 0 N–H and O–H groups in total. The molecule has 112 valence electrons. The van der Waals surface area contributed by atoms with E-state index >= 15 is 0 Å². The van der Waals surface area contributed by atoms with Crippen LogP contribution in [-0.4, -0.2) is 19.7 Å². The smallest absolute Gasteiger partial charge is 0.228 e. The lowest BCUT2D eigenvalue weighted by atomic mass is 10.2. The van der Waals surface area contributed by atoms with Crippen molar-refractivity contribution in [2.24, 2.45) is 0 Å². The van der Waals surface area contributed by atoms with Gasteiger partial charge in [0.25, 0.3) is 0 Å². The normalized spacial score (nSPS) is 10.8. The van der Waals surface area contributed by atoms with E-state index in [1.807, 2.05) is 60.7 Å². The summed E-state index contributed by atoms with van der Waals surface area (Å²) in [7, 11) is 0. The molecule has 0 fully saturated rings. The van der Waals surface area contributed by atoms with Gasteiger partial charge in [-0.15, -0.1) is 0 Å². The molecule has 23 heavy (non-hydrogen) atoms. The lowest BCUT2D eigenvalue weighted by Crippen LogP contribution is -2.00. The van der Waals surface area contributed by atoms with Gasteiger partial charge < -0.3 is 4.74 Å². The van der Waals surface area contributed by atoms with Gasteiger partial charge in [0.2, 0.25) is 5.88 Å². The van der Waals surface area contributed by atoms with E-state index in [-0.39, 0.29) is 0 Å². The molecule has 2 aromatic carbocycles. The first-order valence-electron chi connectivity index (χ1n) is 7.33. The molecule has 0 aliphatic carbocycles. The van der Waals surface area contributed by atoms with E-state index < -0.39 is 0 Å². The van der Waals surface area contributed by atoms with E-state index in [1.54, 1.807) is 10.9 Å². The topological polar surface area (TPSA) is 52.8 Å². The highest BCUT2D eigenvalue weighted by Gasteiger charge is 2.11. The van der Waals surface area contributed by atoms with Gasteiger partial charge >= 0.3 is 0 Å². The molecule has 0 unspecified atom stereocenters.